The van der Waals surface area contributed by atoms with Crippen molar-refractivity contribution in [1.29, 1.82) is 0 Å². The molecule has 0 aliphatic heterocycles. The largest absolute Gasteiger partial charge is 0.383 e. The van der Waals surface area contributed by atoms with Crippen LogP contribution in [0, 0.1) is 0 Å². The van der Waals surface area contributed by atoms with Gasteiger partial charge in [0.05, 0.1) is 29.0 Å². The predicted octanol–water partition coefficient (Wildman–Crippen LogP) is 3.29. The summed E-state index contributed by atoms with van der Waals surface area (Å²) < 4.78 is 6.37. The van der Waals surface area contributed by atoms with E-state index in [1.54, 1.807) is 18.2 Å². The molecule has 0 atom stereocenters. The molecule has 0 aliphatic carbocycles. The minimum atomic E-state index is -0.593. The van der Waals surface area contributed by atoms with Gasteiger partial charge in [-0.25, -0.2) is 9.78 Å². The van der Waals surface area contributed by atoms with Crippen LogP contribution in [0.1, 0.15) is 25.3 Å². The van der Waals surface area contributed by atoms with E-state index in [0.717, 1.165) is 31.0 Å². The second-order valence-corrected chi connectivity index (χ2v) is 8.35. The molecule has 0 bridgehead atoms. The molecule has 33 heavy (non-hydrogen) atoms. The summed E-state index contributed by atoms with van der Waals surface area (Å²) in [5.41, 5.74) is 2.23. The number of fused-ring (bicyclic) bond motifs is 1. The summed E-state index contributed by atoms with van der Waals surface area (Å²) in [6, 6.07) is 14.3. The Morgan fingerprint density at radius 1 is 1.12 bits per heavy atom. The van der Waals surface area contributed by atoms with E-state index in [1.165, 1.54) is 17.2 Å². The van der Waals surface area contributed by atoms with Crippen molar-refractivity contribution >= 4 is 34.6 Å². The Bertz CT molecular complexity index is 1160. The number of methoxy groups -OCH3 is 1. The van der Waals surface area contributed by atoms with Crippen molar-refractivity contribution in [3.63, 3.8) is 0 Å². The quantitative estimate of drug-likeness (QED) is 0.269. The van der Waals surface area contributed by atoms with Crippen molar-refractivity contribution in [3.05, 3.63) is 64.4 Å². The molecule has 0 spiro atoms. The maximum absolute atomic E-state index is 13.3. The summed E-state index contributed by atoms with van der Waals surface area (Å²) in [4.78, 5) is 42.0. The molecule has 1 heterocycles. The fourth-order valence-corrected chi connectivity index (χ4v) is 4.05. The number of carbonyl (C=O) groups excluding carboxylic acids is 2. The topological polar surface area (TPSA) is 102 Å². The molecular weight excluding hydrogens is 440 g/mol. The van der Waals surface area contributed by atoms with E-state index in [-0.39, 0.29) is 11.3 Å². The highest BCUT2D eigenvalue weighted by atomic mass is 32.2. The van der Waals surface area contributed by atoms with Gasteiger partial charge in [-0.3, -0.25) is 19.5 Å². The number of amides is 3. The van der Waals surface area contributed by atoms with Gasteiger partial charge >= 0.3 is 6.03 Å². The van der Waals surface area contributed by atoms with Gasteiger partial charge in [0.25, 0.3) is 5.56 Å². The number of ether oxygens (including phenoxy) is 1. The van der Waals surface area contributed by atoms with Gasteiger partial charge in [-0.15, -0.1) is 0 Å². The third-order valence-electron chi connectivity index (χ3n) is 4.94. The van der Waals surface area contributed by atoms with E-state index < -0.39 is 11.9 Å². The lowest BCUT2D eigenvalue weighted by Gasteiger charge is -2.14. The number of nitrogens with zero attached hydrogens (tertiary/aromatic N) is 2. The maximum Gasteiger partial charge on any atom is 0.321 e. The molecule has 3 rings (SSSR count). The highest BCUT2D eigenvalue weighted by Crippen LogP contribution is 2.22. The molecule has 2 N–H and O–H groups in total. The van der Waals surface area contributed by atoms with Gasteiger partial charge in [0.2, 0.25) is 5.91 Å². The zero-order valence-corrected chi connectivity index (χ0v) is 19.6. The standard InChI is InChI=1S/C24H28N4O4S/c1-3-4-7-17-10-12-18(13-11-17)28-22(30)19-8-5-6-9-20(19)26-24(28)33-16-21(29)27-23(31)25-14-15-32-2/h5-6,8-13H,3-4,7,14-16H2,1-2H3,(H2,25,27,29,31). The summed E-state index contributed by atoms with van der Waals surface area (Å²) in [6.07, 6.45) is 3.20. The molecule has 1 aromatic heterocycles. The van der Waals surface area contributed by atoms with Crippen LogP contribution in [-0.2, 0) is 16.0 Å². The number of thioether (sulfide) groups is 1. The Hall–Kier alpha value is -3.17. The number of aromatic nitrogens is 2. The molecule has 3 aromatic rings. The Labute approximate surface area is 196 Å². The second kappa shape index (κ2) is 12.2. The number of nitrogens with one attached hydrogen (secondary N) is 2. The SMILES string of the molecule is CCCCc1ccc(-n2c(SCC(=O)NC(=O)NCCOC)nc3ccccc3c2=O)cc1. The first-order valence-corrected chi connectivity index (χ1v) is 11.8. The molecule has 0 fully saturated rings. The number of imide groups is 1. The van der Waals surface area contributed by atoms with Crippen LogP contribution in [0.5, 0.6) is 0 Å². The number of rotatable bonds is 10. The van der Waals surface area contributed by atoms with Gasteiger partial charge in [-0.1, -0.05) is 49.4 Å². The molecule has 8 nitrogen and oxygen atoms in total. The Morgan fingerprint density at radius 3 is 2.61 bits per heavy atom. The maximum atomic E-state index is 13.3. The van der Waals surface area contributed by atoms with Gasteiger partial charge in [-0.05, 0) is 42.7 Å². The lowest BCUT2D eigenvalue weighted by molar-refractivity contribution is -0.117. The lowest BCUT2D eigenvalue weighted by Crippen LogP contribution is -2.41. The van der Waals surface area contributed by atoms with Gasteiger partial charge in [-0.2, -0.15) is 0 Å². The van der Waals surface area contributed by atoms with Crippen LogP contribution in [0.25, 0.3) is 16.6 Å². The summed E-state index contributed by atoms with van der Waals surface area (Å²) in [5, 5.41) is 5.68. The van der Waals surface area contributed by atoms with E-state index in [2.05, 4.69) is 22.5 Å². The third kappa shape index (κ3) is 6.66. The van der Waals surface area contributed by atoms with E-state index in [9.17, 15) is 14.4 Å². The molecule has 0 saturated carbocycles. The summed E-state index contributed by atoms with van der Waals surface area (Å²) >= 11 is 1.10. The van der Waals surface area contributed by atoms with Crippen LogP contribution < -0.4 is 16.2 Å². The number of hydrogen-bond donors (Lipinski definition) is 2. The number of hydrogen-bond acceptors (Lipinski definition) is 6. The first kappa shape index (κ1) is 24.5. The Kier molecular flexibility index (Phi) is 9.03. The highest BCUT2D eigenvalue weighted by molar-refractivity contribution is 7.99. The van der Waals surface area contributed by atoms with Crippen molar-refractivity contribution in [3.8, 4) is 5.69 Å². The number of unbranched alkanes of at least 4 members (excludes halogenated alkanes) is 1. The molecule has 0 unspecified atom stereocenters. The molecule has 3 amide bonds. The van der Waals surface area contributed by atoms with E-state index in [4.69, 9.17) is 4.74 Å². The van der Waals surface area contributed by atoms with Gasteiger partial charge in [0, 0.05) is 13.7 Å². The number of carbonyl (C=O) groups is 2. The average molecular weight is 469 g/mol. The van der Waals surface area contributed by atoms with Crippen molar-refractivity contribution in [1.82, 2.24) is 20.2 Å². The fraction of sp³-hybridized carbons (Fsp3) is 0.333. The van der Waals surface area contributed by atoms with E-state index >= 15 is 0 Å². The molecule has 2 aromatic carbocycles. The molecular formula is C24H28N4O4S. The van der Waals surface area contributed by atoms with Gasteiger partial charge in [0.15, 0.2) is 5.16 Å². The first-order valence-electron chi connectivity index (χ1n) is 10.8. The molecule has 0 radical (unpaired) electrons. The molecule has 0 aliphatic rings. The minimum absolute atomic E-state index is 0.0724. The monoisotopic (exact) mass is 468 g/mol. The van der Waals surface area contributed by atoms with Crippen LogP contribution in [0.2, 0.25) is 0 Å². The summed E-state index contributed by atoms with van der Waals surface area (Å²) in [7, 11) is 1.52. The minimum Gasteiger partial charge on any atom is -0.383 e. The van der Waals surface area contributed by atoms with Crippen LogP contribution in [0.15, 0.2) is 58.5 Å². The van der Waals surface area contributed by atoms with Crippen molar-refractivity contribution in [2.24, 2.45) is 0 Å². The van der Waals surface area contributed by atoms with E-state index in [0.29, 0.717) is 34.9 Å². The zero-order valence-electron chi connectivity index (χ0n) is 18.8. The summed E-state index contributed by atoms with van der Waals surface area (Å²) in [6.45, 7) is 2.79. The number of benzene rings is 2. The van der Waals surface area contributed by atoms with Crippen LogP contribution in [0.4, 0.5) is 4.79 Å². The highest BCUT2D eigenvalue weighted by Gasteiger charge is 2.16. The first-order chi connectivity index (χ1) is 16.0. The van der Waals surface area contributed by atoms with Crippen LogP contribution >= 0.6 is 11.8 Å². The van der Waals surface area contributed by atoms with Crippen LogP contribution in [-0.4, -0.2) is 47.5 Å². The van der Waals surface area contributed by atoms with Crippen molar-refractivity contribution < 1.29 is 14.3 Å². The molecule has 174 valence electrons. The van der Waals surface area contributed by atoms with Crippen molar-refractivity contribution in [2.45, 2.75) is 31.3 Å². The number of urea groups is 1. The van der Waals surface area contributed by atoms with E-state index in [1.807, 2.05) is 30.3 Å². The summed E-state index contributed by atoms with van der Waals surface area (Å²) in [5.74, 6) is -0.560. The fourth-order valence-electron chi connectivity index (χ4n) is 3.23. The predicted molar refractivity (Wildman–Crippen MR) is 130 cm³/mol. The normalized spacial score (nSPS) is 10.8. The van der Waals surface area contributed by atoms with Gasteiger partial charge < -0.3 is 10.1 Å². The zero-order chi connectivity index (χ0) is 23.6. The molecule has 9 heteroatoms. The lowest BCUT2D eigenvalue weighted by atomic mass is 10.1. The smallest absolute Gasteiger partial charge is 0.321 e. The van der Waals surface area contributed by atoms with Crippen molar-refractivity contribution in [2.75, 3.05) is 26.0 Å². The Balaban J connectivity index is 1.84. The molecule has 0 saturated heterocycles. The Morgan fingerprint density at radius 2 is 1.88 bits per heavy atom. The average Bonchev–Trinajstić information content (AvgIpc) is 2.82. The second-order valence-electron chi connectivity index (χ2n) is 7.41. The third-order valence-corrected chi connectivity index (χ3v) is 5.87. The van der Waals surface area contributed by atoms with Crippen LogP contribution in [0.3, 0.4) is 0 Å². The van der Waals surface area contributed by atoms with Gasteiger partial charge in [0.1, 0.15) is 0 Å². The number of para-hydroxylation sites is 1. The number of aryl methyl sites for hydroxylation is 1.